The molecule has 17 heavy (non-hydrogen) atoms. The Morgan fingerprint density at radius 1 is 1.35 bits per heavy atom. The van der Waals surface area contributed by atoms with Crippen LogP contribution in [0.2, 0.25) is 0 Å². The molecule has 88 valence electrons. The Morgan fingerprint density at radius 3 is 3.06 bits per heavy atom. The normalized spacial score (nSPS) is 18.6. The van der Waals surface area contributed by atoms with Crippen molar-refractivity contribution < 1.29 is 0 Å². The first kappa shape index (κ1) is 9.21. The molecule has 0 atom stereocenters. The Bertz CT molecular complexity index is 652. The first-order valence-corrected chi connectivity index (χ1v) is 6.08. The summed E-state index contributed by atoms with van der Waals surface area (Å²) in [6.45, 7) is 0. The van der Waals surface area contributed by atoms with Crippen LogP contribution < -0.4 is 11.0 Å². The third-order valence-corrected chi connectivity index (χ3v) is 3.49. The van der Waals surface area contributed by atoms with Gasteiger partial charge in [0, 0.05) is 11.6 Å². The molecule has 0 radical (unpaired) electrons. The number of hydrogen-bond donors (Lipinski definition) is 2. The van der Waals surface area contributed by atoms with Crippen molar-refractivity contribution in [2.24, 2.45) is 0 Å². The summed E-state index contributed by atoms with van der Waals surface area (Å²) in [5.41, 5.74) is 2.77. The SMILES string of the molecule is O=c1[nH]nc2c3c(nc(NC4CC4)n12)CCC3. The summed E-state index contributed by atoms with van der Waals surface area (Å²) in [4.78, 5) is 16.4. The first-order valence-electron chi connectivity index (χ1n) is 6.08. The van der Waals surface area contributed by atoms with E-state index in [1.807, 2.05) is 0 Å². The van der Waals surface area contributed by atoms with E-state index in [1.54, 1.807) is 4.40 Å². The zero-order valence-corrected chi connectivity index (χ0v) is 9.36. The van der Waals surface area contributed by atoms with Crippen LogP contribution in [0.3, 0.4) is 0 Å². The molecule has 6 heteroatoms. The van der Waals surface area contributed by atoms with Gasteiger partial charge in [-0.25, -0.2) is 19.3 Å². The number of aromatic nitrogens is 4. The standard InChI is InChI=1S/C11H13N5O/c17-11-15-14-9-7-2-1-3-8(7)13-10(16(9)11)12-6-4-5-6/h6H,1-5H2,(H,12,13)(H,15,17). The highest BCUT2D eigenvalue weighted by Crippen LogP contribution is 2.28. The molecular weight excluding hydrogens is 218 g/mol. The van der Waals surface area contributed by atoms with Gasteiger partial charge in [-0.15, -0.1) is 0 Å². The number of aryl methyl sites for hydroxylation is 2. The number of anilines is 1. The van der Waals surface area contributed by atoms with E-state index < -0.39 is 0 Å². The predicted molar refractivity (Wildman–Crippen MR) is 62.3 cm³/mol. The van der Waals surface area contributed by atoms with E-state index in [1.165, 1.54) is 0 Å². The van der Waals surface area contributed by atoms with Crippen LogP contribution in [0.15, 0.2) is 4.79 Å². The molecule has 2 N–H and O–H groups in total. The topological polar surface area (TPSA) is 75.1 Å². The number of hydrogen-bond acceptors (Lipinski definition) is 4. The largest absolute Gasteiger partial charge is 0.352 e. The molecular formula is C11H13N5O. The predicted octanol–water partition coefficient (Wildman–Crippen LogP) is 0.481. The van der Waals surface area contributed by atoms with Gasteiger partial charge in [0.15, 0.2) is 5.65 Å². The summed E-state index contributed by atoms with van der Waals surface area (Å²) in [6, 6.07) is 0.479. The van der Waals surface area contributed by atoms with Gasteiger partial charge in [-0.2, -0.15) is 5.10 Å². The van der Waals surface area contributed by atoms with Crippen LogP contribution >= 0.6 is 0 Å². The average molecular weight is 231 g/mol. The molecule has 1 saturated carbocycles. The van der Waals surface area contributed by atoms with Crippen molar-refractivity contribution in [2.45, 2.75) is 38.1 Å². The van der Waals surface area contributed by atoms with Crippen molar-refractivity contribution in [1.82, 2.24) is 19.6 Å². The highest BCUT2D eigenvalue weighted by Gasteiger charge is 2.26. The third-order valence-electron chi connectivity index (χ3n) is 3.49. The van der Waals surface area contributed by atoms with Gasteiger partial charge in [-0.05, 0) is 32.1 Å². The van der Waals surface area contributed by atoms with Crippen molar-refractivity contribution in [3.8, 4) is 0 Å². The molecule has 0 spiro atoms. The third kappa shape index (κ3) is 1.30. The van der Waals surface area contributed by atoms with Crippen molar-refractivity contribution in [2.75, 3.05) is 5.32 Å². The molecule has 0 unspecified atom stereocenters. The molecule has 0 aliphatic heterocycles. The lowest BCUT2D eigenvalue weighted by Crippen LogP contribution is -2.18. The summed E-state index contributed by atoms with van der Waals surface area (Å²) in [6.07, 6.45) is 5.39. The quantitative estimate of drug-likeness (QED) is 0.788. The van der Waals surface area contributed by atoms with E-state index in [9.17, 15) is 4.79 Å². The zero-order valence-electron chi connectivity index (χ0n) is 9.36. The molecule has 0 amide bonds. The van der Waals surface area contributed by atoms with Crippen molar-refractivity contribution in [3.05, 3.63) is 21.7 Å². The smallest absolute Gasteiger partial charge is 0.350 e. The van der Waals surface area contributed by atoms with Gasteiger partial charge < -0.3 is 5.32 Å². The zero-order chi connectivity index (χ0) is 11.4. The highest BCUT2D eigenvalue weighted by molar-refractivity contribution is 5.56. The Labute approximate surface area is 97.1 Å². The van der Waals surface area contributed by atoms with Gasteiger partial charge in [0.25, 0.3) is 0 Å². The fraction of sp³-hybridized carbons (Fsp3) is 0.545. The van der Waals surface area contributed by atoms with E-state index in [0.717, 1.165) is 49.0 Å². The highest BCUT2D eigenvalue weighted by atomic mass is 16.1. The maximum absolute atomic E-state index is 11.8. The Morgan fingerprint density at radius 2 is 2.24 bits per heavy atom. The van der Waals surface area contributed by atoms with Crippen LogP contribution in [-0.4, -0.2) is 25.6 Å². The Kier molecular flexibility index (Phi) is 1.67. The second-order valence-corrected chi connectivity index (χ2v) is 4.82. The summed E-state index contributed by atoms with van der Waals surface area (Å²) < 4.78 is 1.57. The molecule has 0 bridgehead atoms. The summed E-state index contributed by atoms with van der Waals surface area (Å²) in [7, 11) is 0. The molecule has 2 aromatic rings. The van der Waals surface area contributed by atoms with Gasteiger partial charge in [-0.1, -0.05) is 0 Å². The van der Waals surface area contributed by atoms with Crippen LogP contribution in [-0.2, 0) is 12.8 Å². The van der Waals surface area contributed by atoms with Crippen LogP contribution in [0.1, 0.15) is 30.5 Å². The molecule has 2 aliphatic carbocycles. The maximum atomic E-state index is 11.8. The fourth-order valence-corrected chi connectivity index (χ4v) is 2.47. The van der Waals surface area contributed by atoms with Crippen LogP contribution in [0.5, 0.6) is 0 Å². The van der Waals surface area contributed by atoms with Crippen molar-refractivity contribution in [3.63, 3.8) is 0 Å². The molecule has 1 fully saturated rings. The Balaban J connectivity index is 2.00. The lowest BCUT2D eigenvalue weighted by atomic mass is 10.2. The van der Waals surface area contributed by atoms with Crippen LogP contribution in [0.4, 0.5) is 5.95 Å². The number of nitrogens with one attached hydrogen (secondary N) is 2. The maximum Gasteiger partial charge on any atom is 0.350 e. The molecule has 2 aliphatic rings. The number of H-pyrrole nitrogens is 1. The van der Waals surface area contributed by atoms with Gasteiger partial charge in [0.2, 0.25) is 5.95 Å². The minimum Gasteiger partial charge on any atom is -0.352 e. The summed E-state index contributed by atoms with van der Waals surface area (Å²) in [5, 5.41) is 9.95. The molecule has 4 rings (SSSR count). The second-order valence-electron chi connectivity index (χ2n) is 4.82. The average Bonchev–Trinajstić information content (AvgIpc) is 2.86. The minimum atomic E-state index is -0.203. The summed E-state index contributed by atoms with van der Waals surface area (Å²) in [5.74, 6) is 0.655. The van der Waals surface area contributed by atoms with E-state index in [0.29, 0.717) is 12.0 Å². The van der Waals surface area contributed by atoms with Gasteiger partial charge in [0.05, 0.1) is 5.69 Å². The first-order chi connectivity index (χ1) is 8.33. The van der Waals surface area contributed by atoms with Crippen LogP contribution in [0, 0.1) is 0 Å². The monoisotopic (exact) mass is 231 g/mol. The number of rotatable bonds is 2. The van der Waals surface area contributed by atoms with Crippen molar-refractivity contribution >= 4 is 11.6 Å². The molecule has 0 saturated heterocycles. The second kappa shape index (κ2) is 3.09. The number of fused-ring (bicyclic) bond motifs is 3. The fourth-order valence-electron chi connectivity index (χ4n) is 2.47. The van der Waals surface area contributed by atoms with E-state index in [4.69, 9.17) is 0 Å². The lowest BCUT2D eigenvalue weighted by molar-refractivity contribution is 0.894. The lowest BCUT2D eigenvalue weighted by Gasteiger charge is -2.08. The molecule has 2 heterocycles. The minimum absolute atomic E-state index is 0.203. The van der Waals surface area contributed by atoms with E-state index in [2.05, 4.69) is 20.5 Å². The van der Waals surface area contributed by atoms with Gasteiger partial charge in [0.1, 0.15) is 0 Å². The molecule has 0 aromatic carbocycles. The number of aromatic amines is 1. The number of nitrogens with zero attached hydrogens (tertiary/aromatic N) is 3. The van der Waals surface area contributed by atoms with E-state index in [-0.39, 0.29) is 5.69 Å². The van der Waals surface area contributed by atoms with Crippen molar-refractivity contribution in [1.29, 1.82) is 0 Å². The molecule has 2 aromatic heterocycles. The summed E-state index contributed by atoms with van der Waals surface area (Å²) >= 11 is 0. The van der Waals surface area contributed by atoms with Crippen LogP contribution in [0.25, 0.3) is 5.65 Å². The molecule has 6 nitrogen and oxygen atoms in total. The van der Waals surface area contributed by atoms with Gasteiger partial charge >= 0.3 is 5.69 Å². The van der Waals surface area contributed by atoms with E-state index >= 15 is 0 Å². The van der Waals surface area contributed by atoms with Gasteiger partial charge in [-0.3, -0.25) is 0 Å². The Hall–Kier alpha value is -1.85.